The highest BCUT2D eigenvalue weighted by molar-refractivity contribution is 5.92. The Morgan fingerprint density at radius 3 is 2.38 bits per heavy atom. The molecule has 0 aliphatic carbocycles. The number of ether oxygens (including phenoxy) is 1. The topological polar surface area (TPSA) is 94.2 Å². The second-order valence-electron chi connectivity index (χ2n) is 10.1. The van der Waals surface area contributed by atoms with E-state index in [4.69, 9.17) is 4.74 Å². The van der Waals surface area contributed by atoms with Crippen molar-refractivity contribution in [1.82, 2.24) is 15.5 Å². The molecule has 1 unspecified atom stereocenters. The van der Waals surface area contributed by atoms with Gasteiger partial charge in [0.2, 0.25) is 5.91 Å². The summed E-state index contributed by atoms with van der Waals surface area (Å²) in [5.74, 6) is -2.80. The van der Waals surface area contributed by atoms with Crippen LogP contribution in [0.3, 0.4) is 0 Å². The number of para-hydroxylation sites is 1. The lowest BCUT2D eigenvalue weighted by Gasteiger charge is -2.43. The van der Waals surface area contributed by atoms with E-state index in [1.54, 1.807) is 34.7 Å². The maximum Gasteiger partial charge on any atom is 0.407 e. The number of rotatable bonds is 5. The van der Waals surface area contributed by atoms with Gasteiger partial charge in [0.05, 0.1) is 25.0 Å². The van der Waals surface area contributed by atoms with Crippen molar-refractivity contribution in [2.24, 2.45) is 0 Å². The zero-order valence-electron chi connectivity index (χ0n) is 21.8. The number of alkyl carbamates (subject to hydrolysis) is 1. The molecule has 11 heteroatoms. The highest BCUT2D eigenvalue weighted by Crippen LogP contribution is 2.34. The summed E-state index contributed by atoms with van der Waals surface area (Å²) in [5.41, 5.74) is 1.66. The summed E-state index contributed by atoms with van der Waals surface area (Å²) in [7, 11) is 1.69. The Balaban J connectivity index is 1.07. The van der Waals surface area contributed by atoms with Gasteiger partial charge in [-0.05, 0) is 44.0 Å². The number of allylic oxidation sites excluding steroid dienone is 2. The quantitative estimate of drug-likeness (QED) is 0.604. The Labute approximate surface area is 225 Å². The third-order valence-electron chi connectivity index (χ3n) is 7.45. The molecule has 3 aliphatic heterocycles. The first-order valence-electron chi connectivity index (χ1n) is 13.0. The number of urea groups is 1. The number of carbonyl (C=O) groups excluding carboxylic acids is 3. The van der Waals surface area contributed by atoms with Gasteiger partial charge in [0.15, 0.2) is 0 Å². The first-order valence-corrected chi connectivity index (χ1v) is 13.0. The van der Waals surface area contributed by atoms with E-state index in [0.717, 1.165) is 11.4 Å². The van der Waals surface area contributed by atoms with Gasteiger partial charge >= 0.3 is 12.1 Å². The van der Waals surface area contributed by atoms with E-state index in [0.29, 0.717) is 44.7 Å². The summed E-state index contributed by atoms with van der Waals surface area (Å²) in [6.07, 6.45) is 1.67. The molecule has 3 aliphatic rings. The highest BCUT2D eigenvalue weighted by Gasteiger charge is 2.37. The molecule has 5 rings (SSSR count). The van der Waals surface area contributed by atoms with Crippen molar-refractivity contribution in [3.05, 3.63) is 71.4 Å². The van der Waals surface area contributed by atoms with Gasteiger partial charge in [-0.2, -0.15) is 0 Å². The normalized spacial score (nSPS) is 20.7. The minimum atomic E-state index is -0.875. The van der Waals surface area contributed by atoms with Gasteiger partial charge in [-0.1, -0.05) is 24.3 Å². The number of nitrogens with one attached hydrogen (secondary N) is 2. The number of amides is 4. The predicted molar refractivity (Wildman–Crippen MR) is 141 cm³/mol. The van der Waals surface area contributed by atoms with Crippen LogP contribution in [-0.2, 0) is 9.53 Å². The summed E-state index contributed by atoms with van der Waals surface area (Å²) in [6, 6.07) is 11.3. The number of piperidine rings is 1. The van der Waals surface area contributed by atoms with Crippen LogP contribution in [0.2, 0.25) is 0 Å². The Kier molecular flexibility index (Phi) is 7.40. The summed E-state index contributed by atoms with van der Waals surface area (Å²) in [6.45, 7) is 3.13. The molecule has 0 spiro atoms. The number of likely N-dealkylation sites (tertiary alicyclic amines) is 1. The first kappa shape index (κ1) is 26.5. The van der Waals surface area contributed by atoms with E-state index in [1.165, 1.54) is 12.1 Å². The molecule has 0 aromatic heterocycles. The molecule has 1 atom stereocenters. The van der Waals surface area contributed by atoms with E-state index >= 15 is 0 Å². The smallest absolute Gasteiger partial charge is 0.407 e. The van der Waals surface area contributed by atoms with Crippen molar-refractivity contribution in [3.8, 4) is 0 Å². The molecule has 2 aromatic carbocycles. The lowest BCUT2D eigenvalue weighted by Crippen LogP contribution is -2.62. The number of hydrogen-bond acceptors (Lipinski definition) is 5. The van der Waals surface area contributed by atoms with Crippen LogP contribution in [0.4, 0.5) is 29.7 Å². The molecule has 4 amide bonds. The lowest BCUT2D eigenvalue weighted by atomic mass is 9.88. The highest BCUT2D eigenvalue weighted by atomic mass is 19.1. The Bertz CT molecular complexity index is 1270. The zero-order chi connectivity index (χ0) is 27.7. The van der Waals surface area contributed by atoms with Crippen LogP contribution in [0.25, 0.3) is 0 Å². The summed E-state index contributed by atoms with van der Waals surface area (Å²) in [4.78, 5) is 42.1. The van der Waals surface area contributed by atoms with E-state index in [1.807, 2.05) is 30.3 Å². The maximum absolute atomic E-state index is 14.9. The maximum atomic E-state index is 14.9. The molecule has 2 aromatic rings. The van der Waals surface area contributed by atoms with Crippen LogP contribution < -0.4 is 20.4 Å². The predicted octanol–water partition coefficient (Wildman–Crippen LogP) is 3.72. The second-order valence-corrected chi connectivity index (χ2v) is 10.1. The summed E-state index contributed by atoms with van der Waals surface area (Å²) < 4.78 is 35.2. The Morgan fingerprint density at radius 1 is 1.10 bits per heavy atom. The minimum absolute atomic E-state index is 0.173. The monoisotopic (exact) mass is 539 g/mol. The number of benzene rings is 2. The van der Waals surface area contributed by atoms with Gasteiger partial charge < -0.3 is 25.2 Å². The van der Waals surface area contributed by atoms with E-state index < -0.39 is 35.7 Å². The molecule has 206 valence electrons. The van der Waals surface area contributed by atoms with Crippen LogP contribution in [0.15, 0.2) is 54.2 Å². The fourth-order valence-electron chi connectivity index (χ4n) is 5.09. The number of halogens is 2. The average molecular weight is 540 g/mol. The molecule has 0 bridgehead atoms. The van der Waals surface area contributed by atoms with E-state index in [2.05, 4.69) is 10.6 Å². The van der Waals surface area contributed by atoms with Gasteiger partial charge in [0.25, 0.3) is 0 Å². The van der Waals surface area contributed by atoms with Crippen LogP contribution in [0, 0.1) is 11.6 Å². The van der Waals surface area contributed by atoms with E-state index in [9.17, 15) is 23.2 Å². The number of carbonyl (C=O) groups is 3. The van der Waals surface area contributed by atoms with Gasteiger partial charge in [-0.25, -0.2) is 18.4 Å². The number of nitrogens with zero attached hydrogens (tertiary/aromatic N) is 3. The summed E-state index contributed by atoms with van der Waals surface area (Å²) in [5, 5.41) is 5.45. The van der Waals surface area contributed by atoms with E-state index in [-0.39, 0.29) is 17.6 Å². The Hall–Kier alpha value is -4.15. The third kappa shape index (κ3) is 5.52. The first-order chi connectivity index (χ1) is 18.7. The Morgan fingerprint density at radius 2 is 1.77 bits per heavy atom. The average Bonchev–Trinajstić information content (AvgIpc) is 2.87. The molecule has 9 nitrogen and oxygen atoms in total. The molecule has 3 saturated heterocycles. The summed E-state index contributed by atoms with van der Waals surface area (Å²) >= 11 is 0. The molecule has 3 heterocycles. The van der Waals surface area contributed by atoms with Crippen LogP contribution in [-0.4, -0.2) is 68.3 Å². The largest absolute Gasteiger partial charge is 0.442 e. The number of hydrogen-bond donors (Lipinski definition) is 2. The molecule has 0 saturated carbocycles. The van der Waals surface area contributed by atoms with Gasteiger partial charge in [-0.3, -0.25) is 9.69 Å². The molecular weight excluding hydrogens is 508 g/mol. The van der Waals surface area contributed by atoms with Crippen molar-refractivity contribution in [1.29, 1.82) is 0 Å². The van der Waals surface area contributed by atoms with Gasteiger partial charge in [0, 0.05) is 42.8 Å². The van der Waals surface area contributed by atoms with Crippen LogP contribution in [0.1, 0.15) is 31.2 Å². The van der Waals surface area contributed by atoms with Crippen molar-refractivity contribution < 1.29 is 27.9 Å². The molecule has 0 radical (unpaired) electrons. The SMILES string of the molecule is C/C=C1\CCC(c2c(F)cc(N3CC(NC(=O)OC4CN(C(=O)N(C)c5ccccc5)C4)C3)cc2F)C(=O)N1. The fourth-order valence-corrected chi connectivity index (χ4v) is 5.09. The molecule has 39 heavy (non-hydrogen) atoms. The van der Waals surface area contributed by atoms with Crippen molar-refractivity contribution in [2.75, 3.05) is 43.0 Å². The second kappa shape index (κ2) is 10.9. The van der Waals surface area contributed by atoms with Crippen molar-refractivity contribution in [3.63, 3.8) is 0 Å². The van der Waals surface area contributed by atoms with Crippen molar-refractivity contribution >= 4 is 29.4 Å². The van der Waals surface area contributed by atoms with Crippen LogP contribution in [0.5, 0.6) is 0 Å². The van der Waals surface area contributed by atoms with Gasteiger partial charge in [0.1, 0.15) is 17.7 Å². The molecular formula is C28H31F2N5O4. The standard InChI is InChI=1S/C28H31F2N5O4/c1-3-17-9-10-22(26(36)31-17)25-23(29)11-20(12-24(25)30)34-13-18(14-34)32-27(37)39-21-15-35(16-21)28(38)33(2)19-7-5-4-6-8-19/h3-8,11-12,18,21-22H,9-10,13-16H2,1-2H3,(H,31,36)(H,32,37)/b17-3+. The van der Waals surface area contributed by atoms with Crippen LogP contribution >= 0.6 is 0 Å². The van der Waals surface area contributed by atoms with Gasteiger partial charge in [-0.15, -0.1) is 0 Å². The number of anilines is 2. The fraction of sp³-hybridized carbons (Fsp3) is 0.393. The molecule has 2 N–H and O–H groups in total. The zero-order valence-corrected chi connectivity index (χ0v) is 21.8. The minimum Gasteiger partial charge on any atom is -0.442 e. The van der Waals surface area contributed by atoms with Crippen molar-refractivity contribution in [2.45, 2.75) is 37.8 Å². The third-order valence-corrected chi connectivity index (χ3v) is 7.45. The lowest BCUT2D eigenvalue weighted by molar-refractivity contribution is -0.123. The molecule has 3 fully saturated rings.